The molecule has 2 rings (SSSR count). The molecule has 3 nitrogen and oxygen atoms in total. The van der Waals surface area contributed by atoms with Gasteiger partial charge in [-0.3, -0.25) is 9.69 Å². The predicted molar refractivity (Wildman–Crippen MR) is 85.3 cm³/mol. The first-order valence-corrected chi connectivity index (χ1v) is 8.21. The summed E-state index contributed by atoms with van der Waals surface area (Å²) >= 11 is 0. The highest BCUT2D eigenvalue weighted by atomic mass is 16.4. The summed E-state index contributed by atoms with van der Waals surface area (Å²) in [6, 6.07) is 11.2. The minimum absolute atomic E-state index is 0.308. The average molecular weight is 289 g/mol. The van der Waals surface area contributed by atoms with Gasteiger partial charge in [0.15, 0.2) is 0 Å². The number of carbonyl (C=O) groups is 1. The average Bonchev–Trinajstić information content (AvgIpc) is 2.52. The Balaban J connectivity index is 2.01. The second-order valence-electron chi connectivity index (χ2n) is 6.15. The molecular weight excluding hydrogens is 262 g/mol. The fraction of sp³-hybridized carbons (Fsp3) is 0.611. The summed E-state index contributed by atoms with van der Waals surface area (Å²) in [5.74, 6) is -0.127. The summed E-state index contributed by atoms with van der Waals surface area (Å²) in [7, 11) is 0. The number of piperidine rings is 1. The van der Waals surface area contributed by atoms with Gasteiger partial charge in [-0.15, -0.1) is 0 Å². The van der Waals surface area contributed by atoms with E-state index in [9.17, 15) is 4.79 Å². The van der Waals surface area contributed by atoms with Crippen LogP contribution in [0, 0.1) is 5.92 Å². The Morgan fingerprint density at radius 2 is 2.14 bits per heavy atom. The Hall–Kier alpha value is -1.35. The molecule has 1 saturated heterocycles. The van der Waals surface area contributed by atoms with Crippen molar-refractivity contribution in [2.24, 2.45) is 5.92 Å². The van der Waals surface area contributed by atoms with Crippen LogP contribution < -0.4 is 0 Å². The standard InChI is InChI=1S/C18H27NO2/c1-2-7-17(16-9-4-3-5-10-16)19-13-6-8-15(14-19)11-12-18(20)21/h3-5,9-10,15,17H,2,6-8,11-14H2,1H3,(H,20,21). The van der Waals surface area contributed by atoms with Crippen LogP contribution in [0.5, 0.6) is 0 Å². The lowest BCUT2D eigenvalue weighted by molar-refractivity contribution is -0.137. The Labute approximate surface area is 128 Å². The van der Waals surface area contributed by atoms with Gasteiger partial charge >= 0.3 is 5.97 Å². The third-order valence-electron chi connectivity index (χ3n) is 4.50. The molecule has 116 valence electrons. The van der Waals surface area contributed by atoms with Crippen molar-refractivity contribution in [3.8, 4) is 0 Å². The highest BCUT2D eigenvalue weighted by Crippen LogP contribution is 2.31. The van der Waals surface area contributed by atoms with Gasteiger partial charge in [-0.2, -0.15) is 0 Å². The molecule has 1 fully saturated rings. The van der Waals surface area contributed by atoms with E-state index in [1.165, 1.54) is 31.2 Å². The molecule has 0 aliphatic carbocycles. The normalized spacial score (nSPS) is 21.1. The van der Waals surface area contributed by atoms with Crippen molar-refractivity contribution < 1.29 is 9.90 Å². The van der Waals surface area contributed by atoms with Crippen LogP contribution in [0.4, 0.5) is 0 Å². The number of aliphatic carboxylic acids is 1. The fourth-order valence-corrected chi connectivity index (χ4v) is 3.45. The van der Waals surface area contributed by atoms with E-state index in [-0.39, 0.29) is 0 Å². The number of hydrogen-bond donors (Lipinski definition) is 1. The van der Waals surface area contributed by atoms with Crippen LogP contribution in [-0.4, -0.2) is 29.1 Å². The van der Waals surface area contributed by atoms with Crippen molar-refractivity contribution in [1.29, 1.82) is 0 Å². The minimum Gasteiger partial charge on any atom is -0.481 e. The van der Waals surface area contributed by atoms with E-state index in [1.807, 2.05) is 0 Å². The Bertz CT molecular complexity index is 432. The zero-order chi connectivity index (χ0) is 15.1. The predicted octanol–water partition coefficient (Wildman–Crippen LogP) is 4.10. The first kappa shape index (κ1) is 16.0. The van der Waals surface area contributed by atoms with E-state index in [0.717, 1.165) is 19.5 Å². The van der Waals surface area contributed by atoms with E-state index in [2.05, 4.69) is 42.2 Å². The monoisotopic (exact) mass is 289 g/mol. The number of rotatable bonds is 7. The molecule has 1 N–H and O–H groups in total. The highest BCUT2D eigenvalue weighted by Gasteiger charge is 2.26. The van der Waals surface area contributed by atoms with E-state index < -0.39 is 5.97 Å². The summed E-state index contributed by atoms with van der Waals surface area (Å²) in [6.45, 7) is 4.43. The van der Waals surface area contributed by atoms with Crippen molar-refractivity contribution in [3.63, 3.8) is 0 Å². The maximum absolute atomic E-state index is 10.8. The molecular formula is C18H27NO2. The van der Waals surface area contributed by atoms with E-state index in [1.54, 1.807) is 0 Å². The number of carboxylic acid groups (broad SMARTS) is 1. The maximum atomic E-state index is 10.8. The van der Waals surface area contributed by atoms with E-state index in [4.69, 9.17) is 5.11 Å². The summed E-state index contributed by atoms with van der Waals surface area (Å²) in [6.07, 6.45) is 5.85. The molecule has 0 amide bonds. The second kappa shape index (κ2) is 8.18. The molecule has 21 heavy (non-hydrogen) atoms. The molecule has 1 aliphatic rings. The molecule has 0 radical (unpaired) electrons. The van der Waals surface area contributed by atoms with Crippen LogP contribution in [0.15, 0.2) is 30.3 Å². The molecule has 0 aromatic heterocycles. The summed E-state index contributed by atoms with van der Waals surface area (Å²) in [4.78, 5) is 13.3. The zero-order valence-electron chi connectivity index (χ0n) is 13.0. The molecule has 1 aliphatic heterocycles. The van der Waals surface area contributed by atoms with Crippen molar-refractivity contribution >= 4 is 5.97 Å². The maximum Gasteiger partial charge on any atom is 0.303 e. The van der Waals surface area contributed by atoms with Gasteiger partial charge in [-0.25, -0.2) is 0 Å². The van der Waals surface area contributed by atoms with Gasteiger partial charge in [0.2, 0.25) is 0 Å². The van der Waals surface area contributed by atoms with Crippen molar-refractivity contribution in [2.45, 2.75) is 51.5 Å². The topological polar surface area (TPSA) is 40.5 Å². The van der Waals surface area contributed by atoms with Crippen LogP contribution in [-0.2, 0) is 4.79 Å². The Kier molecular flexibility index (Phi) is 6.24. The van der Waals surface area contributed by atoms with Crippen LogP contribution >= 0.6 is 0 Å². The van der Waals surface area contributed by atoms with E-state index in [0.29, 0.717) is 18.4 Å². The molecule has 0 spiro atoms. The van der Waals surface area contributed by atoms with Crippen LogP contribution in [0.3, 0.4) is 0 Å². The molecule has 0 saturated carbocycles. The van der Waals surface area contributed by atoms with Gasteiger partial charge in [-0.1, -0.05) is 43.7 Å². The Morgan fingerprint density at radius 1 is 1.38 bits per heavy atom. The van der Waals surface area contributed by atoms with Gasteiger partial charge < -0.3 is 5.11 Å². The largest absolute Gasteiger partial charge is 0.481 e. The van der Waals surface area contributed by atoms with Crippen molar-refractivity contribution in [1.82, 2.24) is 4.90 Å². The lowest BCUT2D eigenvalue weighted by Gasteiger charge is -2.38. The molecule has 1 heterocycles. The lowest BCUT2D eigenvalue weighted by Crippen LogP contribution is -2.38. The lowest BCUT2D eigenvalue weighted by atomic mass is 9.90. The first-order chi connectivity index (χ1) is 10.2. The molecule has 3 heteroatoms. The quantitative estimate of drug-likeness (QED) is 0.821. The van der Waals surface area contributed by atoms with Crippen LogP contribution in [0.25, 0.3) is 0 Å². The second-order valence-corrected chi connectivity index (χ2v) is 6.15. The highest BCUT2D eigenvalue weighted by molar-refractivity contribution is 5.66. The number of likely N-dealkylation sites (tertiary alicyclic amines) is 1. The van der Waals surface area contributed by atoms with Gasteiger partial charge in [-0.05, 0) is 43.7 Å². The third kappa shape index (κ3) is 4.85. The van der Waals surface area contributed by atoms with Gasteiger partial charge in [0.05, 0.1) is 0 Å². The number of benzene rings is 1. The number of carboxylic acids is 1. The van der Waals surface area contributed by atoms with Crippen LogP contribution in [0.2, 0.25) is 0 Å². The van der Waals surface area contributed by atoms with Gasteiger partial charge in [0.25, 0.3) is 0 Å². The van der Waals surface area contributed by atoms with E-state index >= 15 is 0 Å². The van der Waals surface area contributed by atoms with Gasteiger partial charge in [0.1, 0.15) is 0 Å². The third-order valence-corrected chi connectivity index (χ3v) is 4.50. The van der Waals surface area contributed by atoms with Crippen molar-refractivity contribution in [2.75, 3.05) is 13.1 Å². The summed E-state index contributed by atoms with van der Waals surface area (Å²) < 4.78 is 0. The van der Waals surface area contributed by atoms with Crippen molar-refractivity contribution in [3.05, 3.63) is 35.9 Å². The van der Waals surface area contributed by atoms with Gasteiger partial charge in [0, 0.05) is 19.0 Å². The minimum atomic E-state index is -0.666. The zero-order valence-corrected chi connectivity index (χ0v) is 13.0. The molecule has 1 aromatic rings. The fourth-order valence-electron chi connectivity index (χ4n) is 3.45. The Morgan fingerprint density at radius 3 is 2.81 bits per heavy atom. The number of nitrogens with zero attached hydrogens (tertiary/aromatic N) is 1. The summed E-state index contributed by atoms with van der Waals surface area (Å²) in [5.41, 5.74) is 1.40. The molecule has 2 atom stereocenters. The molecule has 2 unspecified atom stereocenters. The molecule has 1 aromatic carbocycles. The van der Waals surface area contributed by atoms with Crippen LogP contribution in [0.1, 0.15) is 57.1 Å². The smallest absolute Gasteiger partial charge is 0.303 e. The number of hydrogen-bond acceptors (Lipinski definition) is 2. The summed E-state index contributed by atoms with van der Waals surface area (Å²) in [5, 5.41) is 8.87. The SMILES string of the molecule is CCCC(c1ccccc1)N1CCCC(CCC(=O)O)C1. The first-order valence-electron chi connectivity index (χ1n) is 8.21. The molecule has 0 bridgehead atoms.